The largest absolute Gasteiger partial charge is 0.387 e. The summed E-state index contributed by atoms with van der Waals surface area (Å²) in [6, 6.07) is 4.76. The average molecular weight is 357 g/mol. The van der Waals surface area contributed by atoms with Gasteiger partial charge in [0, 0.05) is 18.1 Å². The van der Waals surface area contributed by atoms with Gasteiger partial charge < -0.3 is 5.11 Å². The molecule has 0 amide bonds. The highest BCUT2D eigenvalue weighted by Gasteiger charge is 2.39. The fourth-order valence-corrected chi connectivity index (χ4v) is 4.43. The summed E-state index contributed by atoms with van der Waals surface area (Å²) in [5.74, 6) is 0. The SMILES string of the molecule is Cc1ccc(Cl)cc1S(=O)(=O)N1CC(n2cc([C@H](C)O)nn2)C1. The number of halogens is 1. The van der Waals surface area contributed by atoms with Gasteiger partial charge in [-0.25, -0.2) is 13.1 Å². The van der Waals surface area contributed by atoms with Gasteiger partial charge in [-0.05, 0) is 31.5 Å². The lowest BCUT2D eigenvalue weighted by Crippen LogP contribution is -2.50. The number of sulfonamides is 1. The molecule has 0 bridgehead atoms. The zero-order valence-electron chi connectivity index (χ0n) is 12.7. The molecule has 124 valence electrons. The van der Waals surface area contributed by atoms with E-state index in [0.717, 1.165) is 0 Å². The molecule has 1 aliphatic heterocycles. The van der Waals surface area contributed by atoms with Crippen LogP contribution in [-0.2, 0) is 10.0 Å². The maximum absolute atomic E-state index is 12.7. The lowest BCUT2D eigenvalue weighted by molar-refractivity contribution is 0.187. The third-order valence-electron chi connectivity index (χ3n) is 3.93. The minimum Gasteiger partial charge on any atom is -0.387 e. The maximum Gasteiger partial charge on any atom is 0.243 e. The van der Waals surface area contributed by atoms with Crippen molar-refractivity contribution in [2.45, 2.75) is 30.9 Å². The van der Waals surface area contributed by atoms with Crippen LogP contribution in [0.3, 0.4) is 0 Å². The molecule has 3 rings (SSSR count). The Bertz CT molecular complexity index is 828. The van der Waals surface area contributed by atoms with Crippen molar-refractivity contribution >= 4 is 21.6 Å². The molecule has 1 aromatic carbocycles. The Morgan fingerprint density at radius 3 is 2.70 bits per heavy atom. The van der Waals surface area contributed by atoms with Gasteiger partial charge in [-0.2, -0.15) is 4.31 Å². The maximum atomic E-state index is 12.7. The quantitative estimate of drug-likeness (QED) is 0.897. The molecule has 1 saturated heterocycles. The molecule has 1 fully saturated rings. The Balaban J connectivity index is 1.76. The van der Waals surface area contributed by atoms with Gasteiger partial charge in [-0.3, -0.25) is 0 Å². The summed E-state index contributed by atoms with van der Waals surface area (Å²) in [6.07, 6.45) is 0.946. The first kappa shape index (κ1) is 16.4. The van der Waals surface area contributed by atoms with Gasteiger partial charge in [0.1, 0.15) is 5.69 Å². The number of nitrogens with zero attached hydrogens (tertiary/aromatic N) is 4. The third-order valence-corrected chi connectivity index (χ3v) is 6.14. The second-order valence-electron chi connectivity index (χ2n) is 5.69. The summed E-state index contributed by atoms with van der Waals surface area (Å²) in [4.78, 5) is 0.228. The molecule has 0 aliphatic carbocycles. The molecule has 2 aromatic rings. The van der Waals surface area contributed by atoms with E-state index in [-0.39, 0.29) is 10.9 Å². The van der Waals surface area contributed by atoms with Crippen molar-refractivity contribution in [2.75, 3.05) is 13.1 Å². The summed E-state index contributed by atoms with van der Waals surface area (Å²) in [6.45, 7) is 3.98. The van der Waals surface area contributed by atoms with E-state index in [2.05, 4.69) is 10.3 Å². The van der Waals surface area contributed by atoms with Crippen LogP contribution in [0.15, 0.2) is 29.3 Å². The second kappa shape index (κ2) is 5.86. The second-order valence-corrected chi connectivity index (χ2v) is 8.03. The molecule has 0 saturated carbocycles. The summed E-state index contributed by atoms with van der Waals surface area (Å²) in [5.41, 5.74) is 1.13. The van der Waals surface area contributed by atoms with Gasteiger partial charge in [-0.15, -0.1) is 5.10 Å². The Labute approximate surface area is 139 Å². The van der Waals surface area contributed by atoms with Gasteiger partial charge in [0.2, 0.25) is 10.0 Å². The predicted octanol–water partition coefficient (Wildman–Crippen LogP) is 1.54. The molecule has 1 atom stereocenters. The normalized spacial score (nSPS) is 17.9. The smallest absolute Gasteiger partial charge is 0.243 e. The molecule has 2 heterocycles. The minimum atomic E-state index is -3.57. The molecule has 9 heteroatoms. The molecular weight excluding hydrogens is 340 g/mol. The van der Waals surface area contributed by atoms with Crippen LogP contribution in [0.2, 0.25) is 5.02 Å². The van der Waals surface area contributed by atoms with E-state index in [0.29, 0.717) is 29.4 Å². The highest BCUT2D eigenvalue weighted by Crippen LogP contribution is 2.30. The molecule has 7 nitrogen and oxygen atoms in total. The van der Waals surface area contributed by atoms with E-state index in [9.17, 15) is 13.5 Å². The van der Waals surface area contributed by atoms with Crippen LogP contribution in [0.25, 0.3) is 0 Å². The van der Waals surface area contributed by atoms with Crippen molar-refractivity contribution in [2.24, 2.45) is 0 Å². The van der Waals surface area contributed by atoms with Crippen LogP contribution in [0.1, 0.15) is 30.3 Å². The lowest BCUT2D eigenvalue weighted by atomic mass is 10.2. The fraction of sp³-hybridized carbons (Fsp3) is 0.429. The van der Waals surface area contributed by atoms with Crippen molar-refractivity contribution < 1.29 is 13.5 Å². The first-order chi connectivity index (χ1) is 10.8. The van der Waals surface area contributed by atoms with Crippen LogP contribution in [0, 0.1) is 6.92 Å². The van der Waals surface area contributed by atoms with Gasteiger partial charge in [-0.1, -0.05) is 22.9 Å². The van der Waals surface area contributed by atoms with Crippen LogP contribution in [0.5, 0.6) is 0 Å². The number of rotatable bonds is 4. The minimum absolute atomic E-state index is 0.0794. The van der Waals surface area contributed by atoms with Crippen molar-refractivity contribution in [3.05, 3.63) is 40.7 Å². The van der Waals surface area contributed by atoms with E-state index in [4.69, 9.17) is 11.6 Å². The van der Waals surface area contributed by atoms with Gasteiger partial charge in [0.25, 0.3) is 0 Å². The van der Waals surface area contributed by atoms with Gasteiger partial charge in [0.15, 0.2) is 0 Å². The number of aliphatic hydroxyl groups is 1. The molecule has 0 spiro atoms. The summed E-state index contributed by atoms with van der Waals surface area (Å²) >= 11 is 5.92. The monoisotopic (exact) mass is 356 g/mol. The van der Waals surface area contributed by atoms with E-state index in [1.54, 1.807) is 36.9 Å². The summed E-state index contributed by atoms with van der Waals surface area (Å²) < 4.78 is 28.3. The van der Waals surface area contributed by atoms with E-state index >= 15 is 0 Å². The van der Waals surface area contributed by atoms with Gasteiger partial charge >= 0.3 is 0 Å². The number of aliphatic hydroxyl groups excluding tert-OH is 1. The Morgan fingerprint density at radius 2 is 2.09 bits per heavy atom. The topological polar surface area (TPSA) is 88.3 Å². The van der Waals surface area contributed by atoms with Gasteiger partial charge in [0.05, 0.1) is 23.2 Å². The summed E-state index contributed by atoms with van der Waals surface area (Å²) in [5, 5.41) is 17.7. The molecule has 0 unspecified atom stereocenters. The molecule has 1 N–H and O–H groups in total. The average Bonchev–Trinajstić information content (AvgIpc) is 2.89. The lowest BCUT2D eigenvalue weighted by Gasteiger charge is -2.37. The van der Waals surface area contributed by atoms with E-state index in [1.807, 2.05) is 0 Å². The molecule has 0 radical (unpaired) electrons. The zero-order chi connectivity index (χ0) is 16.8. The molecular formula is C14H17ClN4O3S. The Kier molecular flexibility index (Phi) is 4.18. The number of benzene rings is 1. The fourth-order valence-electron chi connectivity index (χ4n) is 2.43. The van der Waals surface area contributed by atoms with Crippen molar-refractivity contribution in [3.8, 4) is 0 Å². The highest BCUT2D eigenvalue weighted by molar-refractivity contribution is 7.89. The van der Waals surface area contributed by atoms with Crippen LogP contribution in [0.4, 0.5) is 0 Å². The Hall–Kier alpha value is -1.48. The van der Waals surface area contributed by atoms with Crippen LogP contribution >= 0.6 is 11.6 Å². The van der Waals surface area contributed by atoms with E-state index < -0.39 is 16.1 Å². The number of hydrogen-bond acceptors (Lipinski definition) is 5. The van der Waals surface area contributed by atoms with Crippen LogP contribution in [-0.4, -0.2) is 45.9 Å². The standard InChI is InChI=1S/C14H17ClN4O3S/c1-9-3-4-11(15)5-14(9)23(21,22)18-6-12(7-18)19-8-13(10(2)20)16-17-19/h3-5,8,10,12,20H,6-7H2,1-2H3/t10-/m0/s1. The zero-order valence-corrected chi connectivity index (χ0v) is 14.3. The van der Waals surface area contributed by atoms with Crippen molar-refractivity contribution in [1.29, 1.82) is 0 Å². The first-order valence-corrected chi connectivity index (χ1v) is 8.97. The molecule has 1 aliphatic rings. The van der Waals surface area contributed by atoms with E-state index in [1.165, 1.54) is 10.4 Å². The number of aryl methyl sites for hydroxylation is 1. The Morgan fingerprint density at radius 1 is 1.39 bits per heavy atom. The van der Waals surface area contributed by atoms with Crippen LogP contribution < -0.4 is 0 Å². The molecule has 23 heavy (non-hydrogen) atoms. The number of hydrogen-bond donors (Lipinski definition) is 1. The number of aromatic nitrogens is 3. The third kappa shape index (κ3) is 2.99. The highest BCUT2D eigenvalue weighted by atomic mass is 35.5. The first-order valence-electron chi connectivity index (χ1n) is 7.15. The van der Waals surface area contributed by atoms with Crippen molar-refractivity contribution in [3.63, 3.8) is 0 Å². The van der Waals surface area contributed by atoms with Crippen molar-refractivity contribution in [1.82, 2.24) is 19.3 Å². The summed E-state index contributed by atoms with van der Waals surface area (Å²) in [7, 11) is -3.57. The predicted molar refractivity (Wildman–Crippen MR) is 84.6 cm³/mol. The molecule has 1 aromatic heterocycles.